The molecule has 2 N–H and O–H groups in total. The zero-order chi connectivity index (χ0) is 21.6. The van der Waals surface area contributed by atoms with E-state index in [9.17, 15) is 14.4 Å². The fourth-order valence-corrected chi connectivity index (χ4v) is 3.51. The van der Waals surface area contributed by atoms with Crippen LogP contribution in [0.4, 0.5) is 0 Å². The Labute approximate surface area is 174 Å². The van der Waals surface area contributed by atoms with Crippen LogP contribution in [-0.4, -0.2) is 47.8 Å². The van der Waals surface area contributed by atoms with Crippen molar-refractivity contribution in [2.45, 2.75) is 59.5 Å². The Hall–Kier alpha value is -2.37. The van der Waals surface area contributed by atoms with Crippen molar-refractivity contribution >= 4 is 17.7 Å². The molecule has 0 bridgehead atoms. The molecule has 1 aliphatic rings. The minimum absolute atomic E-state index is 0.00163. The number of carbonyl (C=O) groups is 3. The molecule has 1 aromatic rings. The highest BCUT2D eigenvalue weighted by Crippen LogP contribution is 2.23. The summed E-state index contributed by atoms with van der Waals surface area (Å²) in [5.74, 6) is 0.0162. The first-order chi connectivity index (χ1) is 13.7. The van der Waals surface area contributed by atoms with Gasteiger partial charge in [-0.1, -0.05) is 45.9 Å². The molecule has 160 valence electrons. The first kappa shape index (κ1) is 22.9. The Bertz CT molecular complexity index is 695. The molecule has 1 fully saturated rings. The van der Waals surface area contributed by atoms with Crippen LogP contribution in [0.25, 0.3) is 0 Å². The summed E-state index contributed by atoms with van der Waals surface area (Å²) >= 11 is 0. The van der Waals surface area contributed by atoms with Gasteiger partial charge in [0, 0.05) is 30.6 Å². The third-order valence-corrected chi connectivity index (χ3v) is 5.79. The lowest BCUT2D eigenvalue weighted by Gasteiger charge is -2.37. The number of likely N-dealkylation sites (tertiary alicyclic amines) is 1. The summed E-state index contributed by atoms with van der Waals surface area (Å²) < 4.78 is 0. The molecule has 0 radical (unpaired) electrons. The second-order valence-electron chi connectivity index (χ2n) is 8.68. The van der Waals surface area contributed by atoms with Crippen LogP contribution in [0.1, 0.15) is 57.8 Å². The van der Waals surface area contributed by atoms with E-state index in [4.69, 9.17) is 0 Å². The topological polar surface area (TPSA) is 78.5 Å². The highest BCUT2D eigenvalue weighted by molar-refractivity contribution is 5.97. The average molecular weight is 402 g/mol. The molecule has 1 aromatic carbocycles. The number of rotatable bonds is 7. The molecule has 0 aromatic heterocycles. The van der Waals surface area contributed by atoms with E-state index in [1.807, 2.05) is 31.7 Å². The second-order valence-corrected chi connectivity index (χ2v) is 8.68. The van der Waals surface area contributed by atoms with Gasteiger partial charge < -0.3 is 15.5 Å². The van der Waals surface area contributed by atoms with Gasteiger partial charge in [0.25, 0.3) is 5.91 Å². The van der Waals surface area contributed by atoms with E-state index < -0.39 is 6.04 Å². The summed E-state index contributed by atoms with van der Waals surface area (Å²) in [6.07, 6.45) is 1.39. The fraction of sp³-hybridized carbons (Fsp3) is 0.609. The highest BCUT2D eigenvalue weighted by atomic mass is 16.2. The average Bonchev–Trinajstić information content (AvgIpc) is 2.71. The molecule has 6 nitrogen and oxygen atoms in total. The standard InChI is InChI=1S/C23H35N3O3/c1-15(2)17(5)24-22(28)20(25-21(27)19-9-7-6-8-10-19)18-11-13-26(14-12-18)23(29)16(3)4/h6-10,15-18,20H,11-14H2,1-5H3,(H,24,28)(H,25,27)/t17-,20-/m1/s1. The van der Waals surface area contributed by atoms with Gasteiger partial charge in [0.1, 0.15) is 6.04 Å². The summed E-state index contributed by atoms with van der Waals surface area (Å²) in [6.45, 7) is 11.1. The Morgan fingerprint density at radius 3 is 2.03 bits per heavy atom. The molecule has 2 atom stereocenters. The summed E-state index contributed by atoms with van der Waals surface area (Å²) in [6, 6.07) is 8.35. The normalized spacial score (nSPS) is 17.1. The van der Waals surface area contributed by atoms with E-state index in [0.717, 1.165) is 0 Å². The van der Waals surface area contributed by atoms with Crippen LogP contribution in [0, 0.1) is 17.8 Å². The van der Waals surface area contributed by atoms with Crippen LogP contribution < -0.4 is 10.6 Å². The van der Waals surface area contributed by atoms with Gasteiger partial charge in [-0.2, -0.15) is 0 Å². The van der Waals surface area contributed by atoms with Gasteiger partial charge in [-0.25, -0.2) is 0 Å². The molecule has 0 unspecified atom stereocenters. The summed E-state index contributed by atoms with van der Waals surface area (Å²) in [4.78, 5) is 39.9. The molecule has 1 aliphatic heterocycles. The van der Waals surface area contributed by atoms with Crippen molar-refractivity contribution in [3.63, 3.8) is 0 Å². The molecule has 1 heterocycles. The van der Waals surface area contributed by atoms with Gasteiger partial charge in [-0.15, -0.1) is 0 Å². The number of nitrogens with one attached hydrogen (secondary N) is 2. The number of nitrogens with zero attached hydrogens (tertiary/aromatic N) is 1. The van der Waals surface area contributed by atoms with Crippen molar-refractivity contribution in [1.82, 2.24) is 15.5 Å². The van der Waals surface area contributed by atoms with Crippen LogP contribution in [0.15, 0.2) is 30.3 Å². The first-order valence-corrected chi connectivity index (χ1v) is 10.7. The zero-order valence-electron chi connectivity index (χ0n) is 18.3. The van der Waals surface area contributed by atoms with Gasteiger partial charge in [0.2, 0.25) is 11.8 Å². The molecule has 0 spiro atoms. The monoisotopic (exact) mass is 401 g/mol. The lowest BCUT2D eigenvalue weighted by molar-refractivity contribution is -0.136. The molecule has 0 saturated carbocycles. The Kier molecular flexibility index (Phi) is 8.23. The number of hydrogen-bond acceptors (Lipinski definition) is 3. The van der Waals surface area contributed by atoms with Crippen molar-refractivity contribution in [3.8, 4) is 0 Å². The van der Waals surface area contributed by atoms with Crippen LogP contribution >= 0.6 is 0 Å². The molecular formula is C23H35N3O3. The minimum Gasteiger partial charge on any atom is -0.352 e. The van der Waals surface area contributed by atoms with Crippen LogP contribution in [0.5, 0.6) is 0 Å². The SMILES string of the molecule is CC(C)C(=O)N1CCC([C@@H](NC(=O)c2ccccc2)C(=O)N[C@H](C)C(C)C)CC1. The van der Waals surface area contributed by atoms with E-state index in [1.165, 1.54) is 0 Å². The van der Waals surface area contributed by atoms with Crippen molar-refractivity contribution in [1.29, 1.82) is 0 Å². The number of piperidine rings is 1. The highest BCUT2D eigenvalue weighted by Gasteiger charge is 2.35. The van der Waals surface area contributed by atoms with Crippen LogP contribution in [0.2, 0.25) is 0 Å². The van der Waals surface area contributed by atoms with Crippen molar-refractivity contribution in [2.24, 2.45) is 17.8 Å². The second kappa shape index (κ2) is 10.4. The fourth-order valence-electron chi connectivity index (χ4n) is 3.51. The maximum atomic E-state index is 13.0. The number of benzene rings is 1. The predicted octanol–water partition coefficient (Wildman–Crippen LogP) is 2.84. The molecule has 29 heavy (non-hydrogen) atoms. The Morgan fingerprint density at radius 1 is 0.931 bits per heavy atom. The molecule has 6 heteroatoms. The van der Waals surface area contributed by atoms with Gasteiger partial charge >= 0.3 is 0 Å². The third kappa shape index (κ3) is 6.31. The lowest BCUT2D eigenvalue weighted by atomic mass is 9.87. The van der Waals surface area contributed by atoms with E-state index in [0.29, 0.717) is 37.4 Å². The molecular weight excluding hydrogens is 366 g/mol. The maximum Gasteiger partial charge on any atom is 0.251 e. The van der Waals surface area contributed by atoms with E-state index in [-0.39, 0.29) is 35.6 Å². The predicted molar refractivity (Wildman–Crippen MR) is 114 cm³/mol. The van der Waals surface area contributed by atoms with Crippen molar-refractivity contribution < 1.29 is 14.4 Å². The Balaban J connectivity index is 2.11. The van der Waals surface area contributed by atoms with Gasteiger partial charge in [0.05, 0.1) is 0 Å². The van der Waals surface area contributed by atoms with Crippen molar-refractivity contribution in [2.75, 3.05) is 13.1 Å². The first-order valence-electron chi connectivity index (χ1n) is 10.7. The molecule has 1 saturated heterocycles. The smallest absolute Gasteiger partial charge is 0.251 e. The Morgan fingerprint density at radius 2 is 1.52 bits per heavy atom. The summed E-state index contributed by atoms with van der Waals surface area (Å²) in [5.41, 5.74) is 0.537. The molecule has 2 rings (SSSR count). The van der Waals surface area contributed by atoms with Gasteiger partial charge in [-0.3, -0.25) is 14.4 Å². The van der Waals surface area contributed by atoms with Gasteiger partial charge in [0.15, 0.2) is 0 Å². The van der Waals surface area contributed by atoms with E-state index in [1.54, 1.807) is 24.3 Å². The number of hydrogen-bond donors (Lipinski definition) is 2. The lowest BCUT2D eigenvalue weighted by Crippen LogP contribution is -2.55. The summed E-state index contributed by atoms with van der Waals surface area (Å²) in [5, 5.41) is 6.01. The van der Waals surface area contributed by atoms with Crippen LogP contribution in [0.3, 0.4) is 0 Å². The number of carbonyl (C=O) groups excluding carboxylic acids is 3. The van der Waals surface area contributed by atoms with E-state index >= 15 is 0 Å². The maximum absolute atomic E-state index is 13.0. The van der Waals surface area contributed by atoms with Gasteiger partial charge in [-0.05, 0) is 43.7 Å². The zero-order valence-corrected chi connectivity index (χ0v) is 18.3. The van der Waals surface area contributed by atoms with Crippen LogP contribution in [-0.2, 0) is 9.59 Å². The van der Waals surface area contributed by atoms with Crippen molar-refractivity contribution in [3.05, 3.63) is 35.9 Å². The van der Waals surface area contributed by atoms with E-state index in [2.05, 4.69) is 24.5 Å². The summed E-state index contributed by atoms with van der Waals surface area (Å²) in [7, 11) is 0. The number of amides is 3. The largest absolute Gasteiger partial charge is 0.352 e. The minimum atomic E-state index is -0.611. The molecule has 0 aliphatic carbocycles. The quantitative estimate of drug-likeness (QED) is 0.737. The molecule has 3 amide bonds. The third-order valence-electron chi connectivity index (χ3n) is 5.79.